The van der Waals surface area contributed by atoms with Crippen LogP contribution in [0.25, 0.3) is 0 Å². The Labute approximate surface area is 414 Å². The van der Waals surface area contributed by atoms with Crippen molar-refractivity contribution in [3.05, 3.63) is 179 Å². The van der Waals surface area contributed by atoms with Gasteiger partial charge in [-0.2, -0.15) is 0 Å². The van der Waals surface area contributed by atoms with Gasteiger partial charge < -0.3 is 73.1 Å². The SMILES string of the molecule is CC(=O)N[C@@H]1[C@@H](O[C@H]2O[C@H](C)[C@H](OCc3ccccc3)[C@H](OCc3ccccc3)[C@H]2OCc2ccccc2)[C@H](O[C@H]2O[C@H](COCc3ccccc3)[C@H](O)[C@H](O)[C@H]2O)[C@@H](COCc2ccccc2)O[C@H]1O. The summed E-state index contributed by atoms with van der Waals surface area (Å²) in [5.74, 6) is -0.528. The summed E-state index contributed by atoms with van der Waals surface area (Å²) in [6.07, 6.45) is -18.0. The van der Waals surface area contributed by atoms with E-state index < -0.39 is 98.0 Å². The van der Waals surface area contributed by atoms with E-state index in [1.165, 1.54) is 6.92 Å². The molecule has 0 radical (unpaired) electrons. The highest BCUT2D eigenvalue weighted by Crippen LogP contribution is 2.36. The molecule has 380 valence electrons. The van der Waals surface area contributed by atoms with Crippen LogP contribution in [-0.4, -0.2) is 132 Å². The molecule has 3 fully saturated rings. The third kappa shape index (κ3) is 14.4. The first-order valence-corrected chi connectivity index (χ1v) is 24.1. The average Bonchev–Trinajstić information content (AvgIpc) is 3.39. The number of nitrogens with one attached hydrogen (secondary N) is 1. The topological polar surface area (TPSA) is 202 Å². The molecule has 5 aromatic rings. The number of carbonyl (C=O) groups is 1. The minimum absolute atomic E-state index is 0.108. The number of aliphatic hydroxyl groups is 4. The van der Waals surface area contributed by atoms with Crippen LogP contribution in [-0.2, 0) is 85.2 Å². The number of carbonyl (C=O) groups excluding carboxylic acids is 1. The maximum atomic E-state index is 13.0. The molecule has 16 nitrogen and oxygen atoms in total. The molecule has 0 aliphatic carbocycles. The molecular formula is C55H65NO15. The Morgan fingerprint density at radius 3 is 1.37 bits per heavy atom. The molecule has 1 amide bonds. The van der Waals surface area contributed by atoms with Gasteiger partial charge in [0.2, 0.25) is 5.91 Å². The summed E-state index contributed by atoms with van der Waals surface area (Å²) in [7, 11) is 0. The molecule has 3 aliphatic heterocycles. The fourth-order valence-corrected chi connectivity index (χ4v) is 8.96. The van der Waals surface area contributed by atoms with Gasteiger partial charge in [-0.15, -0.1) is 0 Å². The second kappa shape index (κ2) is 26.1. The zero-order chi connectivity index (χ0) is 49.5. The standard InChI is InChI=1S/C55H65NO15/c1-35-48(64-30-39-22-12-5-13-23-39)51(65-31-40-24-14-6-15-25-40)52(66-32-41-26-16-7-17-27-41)55(67-35)71-50-44(56-36(2)57)53(61)68-43(34-63-29-38-20-10-4-11-21-38)49(50)70-54-47(60)46(59)45(58)42(69-54)33-62-28-37-18-8-3-9-19-37/h3-27,35,42-55,58-61H,28-34H2,1-2H3,(H,56,57)/t35-,42-,43-,44-,45+,46+,47-,48+,49-,50-,51+,52-,53-,54-,55-/m1/s1. The first kappa shape index (κ1) is 52.3. The summed E-state index contributed by atoms with van der Waals surface area (Å²) in [4.78, 5) is 13.0. The smallest absolute Gasteiger partial charge is 0.217 e. The van der Waals surface area contributed by atoms with E-state index in [-0.39, 0.29) is 46.2 Å². The van der Waals surface area contributed by atoms with Gasteiger partial charge in [-0.05, 0) is 34.7 Å². The van der Waals surface area contributed by atoms with E-state index in [0.29, 0.717) is 0 Å². The predicted octanol–water partition coefficient (Wildman–Crippen LogP) is 4.72. The van der Waals surface area contributed by atoms with Gasteiger partial charge in [0.05, 0.1) is 52.4 Å². The lowest BCUT2D eigenvalue weighted by Crippen LogP contribution is -2.69. The Morgan fingerprint density at radius 1 is 0.465 bits per heavy atom. The Bertz CT molecular complexity index is 2300. The van der Waals surface area contributed by atoms with E-state index in [1.807, 2.05) is 159 Å². The molecule has 15 atom stereocenters. The highest BCUT2D eigenvalue weighted by atomic mass is 16.8. The van der Waals surface area contributed by atoms with Gasteiger partial charge in [0.15, 0.2) is 18.9 Å². The number of rotatable bonds is 22. The lowest BCUT2D eigenvalue weighted by molar-refractivity contribution is -0.377. The minimum atomic E-state index is -1.79. The van der Waals surface area contributed by atoms with E-state index >= 15 is 0 Å². The largest absolute Gasteiger partial charge is 0.387 e. The molecule has 0 bridgehead atoms. The number of hydrogen-bond acceptors (Lipinski definition) is 15. The molecule has 5 aromatic carbocycles. The molecule has 5 N–H and O–H groups in total. The van der Waals surface area contributed by atoms with Gasteiger partial charge in [-0.3, -0.25) is 4.79 Å². The number of amides is 1. The van der Waals surface area contributed by atoms with Gasteiger partial charge in [-0.25, -0.2) is 0 Å². The second-order valence-electron chi connectivity index (χ2n) is 18.0. The van der Waals surface area contributed by atoms with Crippen molar-refractivity contribution in [3.8, 4) is 0 Å². The highest BCUT2D eigenvalue weighted by molar-refractivity contribution is 5.73. The fraction of sp³-hybridized carbons (Fsp3) is 0.436. The summed E-state index contributed by atoms with van der Waals surface area (Å²) < 4.78 is 65.4. The first-order chi connectivity index (χ1) is 34.6. The minimum Gasteiger partial charge on any atom is -0.387 e. The third-order valence-corrected chi connectivity index (χ3v) is 12.7. The number of aliphatic hydroxyl groups excluding tert-OH is 4. The Kier molecular flexibility index (Phi) is 19.2. The van der Waals surface area contributed by atoms with E-state index in [4.69, 9.17) is 47.4 Å². The van der Waals surface area contributed by atoms with Crippen molar-refractivity contribution in [1.82, 2.24) is 5.32 Å². The zero-order valence-electron chi connectivity index (χ0n) is 39.8. The molecule has 3 heterocycles. The van der Waals surface area contributed by atoms with Crippen LogP contribution in [0.1, 0.15) is 41.7 Å². The molecule has 16 heteroatoms. The van der Waals surface area contributed by atoms with Crippen molar-refractivity contribution < 1.29 is 72.6 Å². The quantitative estimate of drug-likeness (QED) is 0.0638. The third-order valence-electron chi connectivity index (χ3n) is 12.7. The maximum Gasteiger partial charge on any atom is 0.217 e. The van der Waals surface area contributed by atoms with Gasteiger partial charge in [0, 0.05) is 6.92 Å². The molecule has 71 heavy (non-hydrogen) atoms. The lowest BCUT2D eigenvalue weighted by atomic mass is 9.94. The predicted molar refractivity (Wildman–Crippen MR) is 256 cm³/mol. The number of ether oxygens (including phenoxy) is 10. The van der Waals surface area contributed by atoms with Crippen LogP contribution in [0.4, 0.5) is 0 Å². The van der Waals surface area contributed by atoms with Crippen LogP contribution in [0.15, 0.2) is 152 Å². The lowest BCUT2D eigenvalue weighted by Gasteiger charge is -2.50. The Balaban J connectivity index is 1.13. The van der Waals surface area contributed by atoms with Gasteiger partial charge in [0.1, 0.15) is 67.1 Å². The van der Waals surface area contributed by atoms with Crippen molar-refractivity contribution in [2.24, 2.45) is 0 Å². The first-order valence-electron chi connectivity index (χ1n) is 24.1. The highest BCUT2D eigenvalue weighted by Gasteiger charge is 2.55. The van der Waals surface area contributed by atoms with Crippen molar-refractivity contribution in [3.63, 3.8) is 0 Å². The monoisotopic (exact) mass is 979 g/mol. The zero-order valence-corrected chi connectivity index (χ0v) is 39.8. The summed E-state index contributed by atoms with van der Waals surface area (Å²) in [5, 5.41) is 48.5. The molecule has 0 spiro atoms. The van der Waals surface area contributed by atoms with E-state index in [2.05, 4.69) is 5.32 Å². The van der Waals surface area contributed by atoms with Gasteiger partial charge in [0.25, 0.3) is 0 Å². The molecule has 3 aliphatic rings. The molecule has 3 saturated heterocycles. The van der Waals surface area contributed by atoms with Crippen molar-refractivity contribution in [2.75, 3.05) is 13.2 Å². The maximum absolute atomic E-state index is 13.0. The van der Waals surface area contributed by atoms with E-state index in [9.17, 15) is 25.2 Å². The number of benzene rings is 5. The molecule has 0 saturated carbocycles. The Morgan fingerprint density at radius 2 is 0.887 bits per heavy atom. The summed E-state index contributed by atoms with van der Waals surface area (Å²) in [6.45, 7) is 3.63. The van der Waals surface area contributed by atoms with E-state index in [1.54, 1.807) is 0 Å². The molecule has 0 unspecified atom stereocenters. The molecular weight excluding hydrogens is 915 g/mol. The average molecular weight is 980 g/mol. The van der Waals surface area contributed by atoms with Crippen LogP contribution >= 0.6 is 0 Å². The Hall–Kier alpha value is -4.99. The van der Waals surface area contributed by atoms with Crippen molar-refractivity contribution in [1.29, 1.82) is 0 Å². The fourth-order valence-electron chi connectivity index (χ4n) is 8.96. The normalized spacial score (nSPS) is 30.9. The van der Waals surface area contributed by atoms with Crippen LogP contribution in [0.2, 0.25) is 0 Å². The molecule has 8 rings (SSSR count). The van der Waals surface area contributed by atoms with Crippen molar-refractivity contribution >= 4 is 5.91 Å². The summed E-state index contributed by atoms with van der Waals surface area (Å²) >= 11 is 0. The summed E-state index contributed by atoms with van der Waals surface area (Å²) in [5.41, 5.74) is 4.43. The van der Waals surface area contributed by atoms with Crippen LogP contribution < -0.4 is 5.32 Å². The van der Waals surface area contributed by atoms with E-state index in [0.717, 1.165) is 27.8 Å². The van der Waals surface area contributed by atoms with Crippen LogP contribution in [0, 0.1) is 0 Å². The molecule has 0 aromatic heterocycles. The summed E-state index contributed by atoms with van der Waals surface area (Å²) in [6, 6.07) is 46.5. The van der Waals surface area contributed by atoms with Crippen molar-refractivity contribution in [2.45, 2.75) is 139 Å². The van der Waals surface area contributed by atoms with Gasteiger partial charge in [-0.1, -0.05) is 152 Å². The van der Waals surface area contributed by atoms with Crippen LogP contribution in [0.3, 0.4) is 0 Å². The van der Waals surface area contributed by atoms with Crippen LogP contribution in [0.5, 0.6) is 0 Å². The van der Waals surface area contributed by atoms with Gasteiger partial charge >= 0.3 is 0 Å². The number of hydrogen-bond donors (Lipinski definition) is 5. The second-order valence-corrected chi connectivity index (χ2v) is 18.0.